The number of carbonyl (C=O) groups is 1. The van der Waals surface area contributed by atoms with Gasteiger partial charge in [0.25, 0.3) is 0 Å². The molecule has 0 spiro atoms. The van der Waals surface area contributed by atoms with E-state index in [0.29, 0.717) is 41.0 Å². The van der Waals surface area contributed by atoms with Gasteiger partial charge in [0.1, 0.15) is 5.75 Å². The number of benzene rings is 4. The maximum absolute atomic E-state index is 14.5. The van der Waals surface area contributed by atoms with Crippen LogP contribution in [0.1, 0.15) is 109 Å². The van der Waals surface area contributed by atoms with Crippen molar-refractivity contribution in [2.45, 2.75) is 115 Å². The Labute approximate surface area is 318 Å². The highest BCUT2D eigenvalue weighted by Crippen LogP contribution is 2.45. The molecule has 1 amide bonds. The third kappa shape index (κ3) is 10.4. The van der Waals surface area contributed by atoms with E-state index in [0.717, 1.165) is 32.1 Å². The fourth-order valence-corrected chi connectivity index (χ4v) is 10.1. The molecule has 1 aliphatic rings. The molecule has 1 heterocycles. The number of hydrogen-bond acceptors (Lipinski definition) is 5. The molecule has 3 atom stereocenters. The molecule has 5 rings (SSSR count). The van der Waals surface area contributed by atoms with Gasteiger partial charge in [-0.3, -0.25) is 9.36 Å². The van der Waals surface area contributed by atoms with Crippen LogP contribution in [-0.2, 0) is 9.36 Å². The van der Waals surface area contributed by atoms with Gasteiger partial charge in [-0.2, -0.15) is 5.06 Å². The molecule has 53 heavy (non-hydrogen) atoms. The van der Waals surface area contributed by atoms with Crippen molar-refractivity contribution >= 4 is 23.9 Å². The highest BCUT2D eigenvalue weighted by Gasteiger charge is 2.45. The Balaban J connectivity index is 1.20. The fourth-order valence-electron chi connectivity index (χ4n) is 8.00. The summed E-state index contributed by atoms with van der Waals surface area (Å²) < 4.78 is 20.8. The van der Waals surface area contributed by atoms with E-state index in [-0.39, 0.29) is 17.9 Å². The van der Waals surface area contributed by atoms with Gasteiger partial charge in [0.05, 0.1) is 10.6 Å². The van der Waals surface area contributed by atoms with Gasteiger partial charge in [-0.05, 0) is 132 Å². The van der Waals surface area contributed by atoms with E-state index in [2.05, 4.69) is 66.9 Å². The zero-order valence-electron chi connectivity index (χ0n) is 32.4. The number of allylic oxidation sites excluding steroid dienone is 2. The molecule has 4 aromatic carbocycles. The summed E-state index contributed by atoms with van der Waals surface area (Å²) in [6.45, 7) is 12.4. The fraction of sp³-hybridized carbons (Fsp3) is 0.413. The lowest BCUT2D eigenvalue weighted by molar-refractivity contribution is -0.246. The maximum Gasteiger partial charge on any atom is 0.306 e. The van der Waals surface area contributed by atoms with E-state index in [1.807, 2.05) is 107 Å². The first-order valence-corrected chi connectivity index (χ1v) is 20.9. The van der Waals surface area contributed by atoms with Crippen molar-refractivity contribution in [1.29, 1.82) is 0 Å². The summed E-state index contributed by atoms with van der Waals surface area (Å²) in [6, 6.07) is 37.9. The molecule has 0 bridgehead atoms. The van der Waals surface area contributed by atoms with Crippen molar-refractivity contribution in [3.8, 4) is 5.75 Å². The van der Waals surface area contributed by atoms with Crippen LogP contribution in [0.2, 0.25) is 0 Å². The molecule has 0 radical (unpaired) electrons. The van der Waals surface area contributed by atoms with Crippen LogP contribution in [0.4, 0.5) is 0 Å². The Bertz CT molecular complexity index is 1750. The molecule has 7 heteroatoms. The van der Waals surface area contributed by atoms with Crippen LogP contribution in [0.5, 0.6) is 5.75 Å². The van der Waals surface area contributed by atoms with Crippen molar-refractivity contribution < 1.29 is 19.1 Å². The lowest BCUT2D eigenvalue weighted by atomic mass is 9.79. The Hall–Kier alpha value is -3.96. The summed E-state index contributed by atoms with van der Waals surface area (Å²) in [4.78, 5) is 13.1. The van der Waals surface area contributed by atoms with Crippen molar-refractivity contribution in [2.24, 2.45) is 5.92 Å². The lowest BCUT2D eigenvalue weighted by Crippen LogP contribution is -2.63. The summed E-state index contributed by atoms with van der Waals surface area (Å²) in [6.07, 6.45) is 10.5. The largest absolute Gasteiger partial charge is 0.437 e. The third-order valence-electron chi connectivity index (χ3n) is 10.9. The van der Waals surface area contributed by atoms with Gasteiger partial charge in [-0.25, -0.2) is 0 Å². The molecule has 0 aromatic heterocycles. The number of nitrogens with zero attached hydrogens (tertiary/aromatic N) is 1. The summed E-state index contributed by atoms with van der Waals surface area (Å²) in [5.74, 6) is 1.28. The zero-order valence-corrected chi connectivity index (χ0v) is 33.3. The molecule has 2 N–H and O–H groups in total. The SMILES string of the molecule is CCC(CC(C/C=C/CCC(C)C(=O)NC1CC(C)(C)N(O)C(C)(C)C1)c1ccccc1)c1ccc(OP(=O)(c2ccccc2)c2ccccc2)cc1. The van der Waals surface area contributed by atoms with Gasteiger partial charge >= 0.3 is 7.37 Å². The van der Waals surface area contributed by atoms with Crippen molar-refractivity contribution in [2.75, 3.05) is 0 Å². The van der Waals surface area contributed by atoms with Crippen molar-refractivity contribution in [1.82, 2.24) is 10.4 Å². The third-order valence-corrected chi connectivity index (χ3v) is 13.3. The minimum absolute atomic E-state index is 0.0427. The monoisotopic (exact) mass is 734 g/mol. The molecule has 0 aliphatic carbocycles. The topological polar surface area (TPSA) is 78.9 Å². The molecule has 6 nitrogen and oxygen atoms in total. The standard InChI is InChI=1S/C46H59N2O4P/c1-7-36(38-28-30-41(31-29-38)52-53(51,42-24-16-10-17-25-42)43-26-18-11-19-27-43)32-39(37-21-13-9-14-22-37)23-15-8-12-20-35(2)44(49)47-40-33-45(3,4)48(50)46(5,6)34-40/h8-11,13-19,21-22,24-31,35-36,39-40,50H,7,12,20,23,32-34H2,1-6H3,(H,47,49)/b15-8+. The molecule has 282 valence electrons. The van der Waals surface area contributed by atoms with E-state index < -0.39 is 18.4 Å². The lowest BCUT2D eigenvalue weighted by Gasteiger charge is -2.51. The van der Waals surface area contributed by atoms with Crippen LogP contribution in [-0.4, -0.2) is 33.3 Å². The molecular weight excluding hydrogens is 675 g/mol. The second-order valence-corrected chi connectivity index (χ2v) is 18.4. The second-order valence-electron chi connectivity index (χ2n) is 16.1. The average molecular weight is 735 g/mol. The van der Waals surface area contributed by atoms with E-state index in [9.17, 15) is 14.6 Å². The second kappa shape index (κ2) is 17.9. The molecular formula is C46H59N2O4P. The Morgan fingerprint density at radius 2 is 1.32 bits per heavy atom. The van der Waals surface area contributed by atoms with Gasteiger partial charge < -0.3 is 15.0 Å². The van der Waals surface area contributed by atoms with Gasteiger partial charge in [0.15, 0.2) is 0 Å². The van der Waals surface area contributed by atoms with Gasteiger partial charge in [0.2, 0.25) is 5.91 Å². The number of piperidine rings is 1. The first kappa shape index (κ1) is 40.2. The van der Waals surface area contributed by atoms with Crippen LogP contribution in [0.25, 0.3) is 0 Å². The summed E-state index contributed by atoms with van der Waals surface area (Å²) in [7, 11) is -3.34. The Morgan fingerprint density at radius 3 is 1.85 bits per heavy atom. The molecule has 1 saturated heterocycles. The number of hydrogen-bond donors (Lipinski definition) is 2. The summed E-state index contributed by atoms with van der Waals surface area (Å²) in [5.41, 5.74) is 1.78. The number of nitrogens with one attached hydrogen (secondary N) is 1. The van der Waals surface area contributed by atoms with E-state index >= 15 is 0 Å². The highest BCUT2D eigenvalue weighted by atomic mass is 31.2. The predicted molar refractivity (Wildman–Crippen MR) is 219 cm³/mol. The van der Waals surface area contributed by atoms with Crippen LogP contribution in [0, 0.1) is 5.92 Å². The number of carbonyl (C=O) groups excluding carboxylic acids is 1. The average Bonchev–Trinajstić information content (AvgIpc) is 3.16. The minimum atomic E-state index is -3.34. The van der Waals surface area contributed by atoms with Crippen LogP contribution in [0.3, 0.4) is 0 Å². The first-order chi connectivity index (χ1) is 25.3. The van der Waals surface area contributed by atoms with Crippen LogP contribution >= 0.6 is 7.37 Å². The predicted octanol–water partition coefficient (Wildman–Crippen LogP) is 10.6. The number of hydroxylamine groups is 2. The van der Waals surface area contributed by atoms with E-state index in [1.54, 1.807) is 0 Å². The Kier molecular flexibility index (Phi) is 13.6. The van der Waals surface area contributed by atoms with Crippen LogP contribution in [0.15, 0.2) is 127 Å². The normalized spacial score (nSPS) is 17.9. The molecule has 4 aromatic rings. The zero-order chi connectivity index (χ0) is 38.1. The van der Waals surface area contributed by atoms with E-state index in [1.165, 1.54) is 16.2 Å². The minimum Gasteiger partial charge on any atom is -0.437 e. The smallest absolute Gasteiger partial charge is 0.306 e. The molecule has 3 unspecified atom stereocenters. The Morgan fingerprint density at radius 1 is 0.811 bits per heavy atom. The quantitative estimate of drug-likeness (QED) is 0.0885. The number of rotatable bonds is 16. The maximum atomic E-state index is 14.5. The van der Waals surface area contributed by atoms with Crippen molar-refractivity contribution in [3.05, 3.63) is 139 Å². The van der Waals surface area contributed by atoms with Gasteiger partial charge in [0, 0.05) is 23.0 Å². The van der Waals surface area contributed by atoms with E-state index in [4.69, 9.17) is 4.52 Å². The van der Waals surface area contributed by atoms with Gasteiger partial charge in [-0.15, -0.1) is 0 Å². The molecule has 1 aliphatic heterocycles. The first-order valence-electron chi connectivity index (χ1n) is 19.3. The molecule has 1 fully saturated rings. The summed E-state index contributed by atoms with van der Waals surface area (Å²) in [5, 5.41) is 16.7. The number of amides is 1. The molecule has 0 saturated carbocycles. The van der Waals surface area contributed by atoms with Crippen LogP contribution < -0.4 is 20.4 Å². The van der Waals surface area contributed by atoms with Gasteiger partial charge in [-0.1, -0.05) is 105 Å². The highest BCUT2D eigenvalue weighted by molar-refractivity contribution is 7.74. The summed E-state index contributed by atoms with van der Waals surface area (Å²) >= 11 is 0. The van der Waals surface area contributed by atoms with Crippen molar-refractivity contribution in [3.63, 3.8) is 0 Å².